The third-order valence-electron chi connectivity index (χ3n) is 6.56. The maximum absolute atomic E-state index is 2.57. The Morgan fingerprint density at radius 2 is 0.806 bits per heavy atom. The van der Waals surface area contributed by atoms with E-state index in [2.05, 4.69) is 133 Å². The second-order valence-corrected chi connectivity index (χ2v) is 14.1. The van der Waals surface area contributed by atoms with E-state index < -0.39 is 0 Å². The summed E-state index contributed by atoms with van der Waals surface area (Å²) in [7, 11) is 0. The normalized spacial score (nSPS) is 14.1. The Morgan fingerprint density at radius 3 is 1.16 bits per heavy atom. The molecule has 0 spiro atoms. The summed E-state index contributed by atoms with van der Waals surface area (Å²) < 4.78 is 0. The van der Waals surface area contributed by atoms with Crippen molar-refractivity contribution in [3.8, 4) is 0 Å². The van der Waals surface area contributed by atoms with Gasteiger partial charge in [-0.3, -0.25) is 0 Å². The third kappa shape index (κ3) is 5.10. The van der Waals surface area contributed by atoms with Crippen molar-refractivity contribution in [1.29, 1.82) is 0 Å². The van der Waals surface area contributed by atoms with Crippen LogP contribution in [0.25, 0.3) is 0 Å². The van der Waals surface area contributed by atoms with Crippen LogP contribution in [0.5, 0.6) is 0 Å². The summed E-state index contributed by atoms with van der Waals surface area (Å²) in [6.07, 6.45) is 0. The first-order chi connectivity index (χ1) is 13.7. The van der Waals surface area contributed by atoms with E-state index >= 15 is 0 Å². The van der Waals surface area contributed by atoms with Crippen LogP contribution in [0.3, 0.4) is 0 Å². The maximum Gasteiger partial charge on any atom is 0.0152 e. The van der Waals surface area contributed by atoms with Crippen LogP contribution in [0.1, 0.15) is 130 Å². The minimum atomic E-state index is -0.0943. The van der Waals surface area contributed by atoms with Crippen LogP contribution in [0.2, 0.25) is 0 Å². The van der Waals surface area contributed by atoms with Gasteiger partial charge in [-0.1, -0.05) is 133 Å². The molecule has 0 bridgehead atoms. The lowest BCUT2D eigenvalue weighted by Crippen LogP contribution is -2.36. The Bertz CT molecular complexity index is 912. The predicted molar refractivity (Wildman–Crippen MR) is 140 cm³/mol. The lowest BCUT2D eigenvalue weighted by molar-refractivity contribution is 0.468. The summed E-state index contributed by atoms with van der Waals surface area (Å²) in [6.45, 7) is 33.5. The molecule has 2 rings (SSSR count). The molecule has 0 radical (unpaired) electrons. The van der Waals surface area contributed by atoms with Crippen LogP contribution < -0.4 is 0 Å². The minimum Gasteiger partial charge on any atom is -0.0622 e. The molecule has 0 nitrogen and oxygen atoms in total. The van der Waals surface area contributed by atoms with Crippen LogP contribution >= 0.6 is 0 Å². The van der Waals surface area contributed by atoms with E-state index in [1.807, 2.05) is 0 Å². The largest absolute Gasteiger partial charge is 0.0622 e. The molecule has 0 aromatic heterocycles. The molecule has 2 aromatic carbocycles. The molecule has 0 N–H and O–H groups in total. The fraction of sp³-hybridized carbons (Fsp3) is 0.613. The third-order valence-corrected chi connectivity index (χ3v) is 6.56. The molecule has 0 fully saturated rings. The number of benzene rings is 2. The molecule has 0 heterocycles. The molecule has 0 amide bonds. The van der Waals surface area contributed by atoms with Crippen LogP contribution in [0.4, 0.5) is 0 Å². The Labute approximate surface area is 193 Å². The van der Waals surface area contributed by atoms with Gasteiger partial charge in [0.1, 0.15) is 0 Å². The Morgan fingerprint density at radius 1 is 0.419 bits per heavy atom. The molecule has 0 aliphatic heterocycles. The first-order valence-electron chi connectivity index (χ1n) is 12.0. The summed E-state index contributed by atoms with van der Waals surface area (Å²) in [5.74, 6) is 0. The average molecular weight is 421 g/mol. The highest BCUT2D eigenvalue weighted by Gasteiger charge is 2.41. The zero-order valence-electron chi connectivity index (χ0n) is 23.0. The highest BCUT2D eigenvalue weighted by Crippen LogP contribution is 2.50. The van der Waals surface area contributed by atoms with E-state index in [0.717, 1.165) is 0 Å². The lowest BCUT2D eigenvalue weighted by atomic mass is 9.59. The van der Waals surface area contributed by atoms with Crippen molar-refractivity contribution in [3.05, 3.63) is 69.8 Å². The van der Waals surface area contributed by atoms with Crippen molar-refractivity contribution in [1.82, 2.24) is 0 Å². The van der Waals surface area contributed by atoms with Gasteiger partial charge >= 0.3 is 0 Å². The van der Waals surface area contributed by atoms with Gasteiger partial charge in [0.05, 0.1) is 0 Å². The van der Waals surface area contributed by atoms with Crippen molar-refractivity contribution in [2.24, 2.45) is 0 Å². The summed E-state index contributed by atoms with van der Waals surface area (Å²) in [5.41, 5.74) is 9.12. The zero-order valence-corrected chi connectivity index (χ0v) is 23.0. The molecule has 0 heteroatoms. The molecular weight excluding hydrogens is 372 g/mol. The van der Waals surface area contributed by atoms with Crippen LogP contribution in [0.15, 0.2) is 36.4 Å². The monoisotopic (exact) mass is 420 g/mol. The molecule has 0 saturated carbocycles. The molecule has 172 valence electrons. The van der Waals surface area contributed by atoms with Crippen molar-refractivity contribution in [3.63, 3.8) is 0 Å². The quantitative estimate of drug-likeness (QED) is 0.454. The molecule has 2 aromatic rings. The summed E-state index contributed by atoms with van der Waals surface area (Å²) >= 11 is 0. The molecule has 31 heavy (non-hydrogen) atoms. The summed E-state index contributed by atoms with van der Waals surface area (Å²) in [5, 5.41) is 0. The van der Waals surface area contributed by atoms with E-state index in [0.29, 0.717) is 0 Å². The lowest BCUT2D eigenvalue weighted by Gasteiger charge is -2.45. The Kier molecular flexibility index (Phi) is 6.46. The maximum atomic E-state index is 2.57. The topological polar surface area (TPSA) is 0 Å². The van der Waals surface area contributed by atoms with Crippen molar-refractivity contribution in [2.45, 2.75) is 124 Å². The van der Waals surface area contributed by atoms with Gasteiger partial charge in [0.15, 0.2) is 0 Å². The Balaban J connectivity index is 3.26. The van der Waals surface area contributed by atoms with Gasteiger partial charge in [0.25, 0.3) is 0 Å². The molecule has 0 aliphatic rings. The van der Waals surface area contributed by atoms with E-state index in [-0.39, 0.29) is 27.1 Å². The highest BCUT2D eigenvalue weighted by molar-refractivity contribution is 5.60. The second-order valence-electron chi connectivity index (χ2n) is 14.1. The zero-order chi connectivity index (χ0) is 24.2. The molecule has 0 atom stereocenters. The molecular formula is C31H48. The SMILES string of the molecule is CC(C)(C)c1cc(C(C)(C)C)c(C(C)(C)c2ccccc2)c(C(C)(C)C)c1C(C)(C)C. The second kappa shape index (κ2) is 7.79. The molecule has 0 aliphatic carbocycles. The van der Waals surface area contributed by atoms with Crippen LogP contribution in [-0.4, -0.2) is 0 Å². The van der Waals surface area contributed by atoms with Gasteiger partial charge in [0, 0.05) is 5.41 Å². The average Bonchev–Trinajstić information content (AvgIpc) is 2.57. The van der Waals surface area contributed by atoms with Crippen LogP contribution in [-0.2, 0) is 27.1 Å². The summed E-state index contributed by atoms with van der Waals surface area (Å²) in [4.78, 5) is 0. The van der Waals surface area contributed by atoms with E-state index in [1.165, 1.54) is 22.3 Å². The summed E-state index contributed by atoms with van der Waals surface area (Å²) in [6, 6.07) is 13.6. The predicted octanol–water partition coefficient (Wildman–Crippen LogP) is 9.20. The first-order valence-corrected chi connectivity index (χ1v) is 12.0. The van der Waals surface area contributed by atoms with E-state index in [4.69, 9.17) is 0 Å². The van der Waals surface area contributed by atoms with Crippen molar-refractivity contribution < 1.29 is 0 Å². The standard InChI is InChI=1S/C31H48/c1-27(2,3)22-20-23(28(4,5)6)25(31(13,14)21-18-16-15-17-19-21)26(30(10,11)12)24(22)29(7,8)9/h15-20H,1-14H3. The molecule has 0 saturated heterocycles. The fourth-order valence-corrected chi connectivity index (χ4v) is 5.04. The minimum absolute atomic E-state index is 0.0330. The van der Waals surface area contributed by atoms with E-state index in [1.54, 1.807) is 11.1 Å². The smallest absolute Gasteiger partial charge is 0.0152 e. The first kappa shape index (κ1) is 25.7. The van der Waals surface area contributed by atoms with E-state index in [9.17, 15) is 0 Å². The number of hydrogen-bond acceptors (Lipinski definition) is 0. The van der Waals surface area contributed by atoms with Crippen molar-refractivity contribution >= 4 is 0 Å². The van der Waals surface area contributed by atoms with Gasteiger partial charge in [-0.2, -0.15) is 0 Å². The van der Waals surface area contributed by atoms with Crippen molar-refractivity contribution in [2.75, 3.05) is 0 Å². The highest BCUT2D eigenvalue weighted by atomic mass is 14.4. The van der Waals surface area contributed by atoms with Gasteiger partial charge in [-0.05, 0) is 55.0 Å². The Hall–Kier alpha value is -1.56. The fourth-order valence-electron chi connectivity index (χ4n) is 5.04. The van der Waals surface area contributed by atoms with Gasteiger partial charge in [0.2, 0.25) is 0 Å². The van der Waals surface area contributed by atoms with Crippen LogP contribution in [0, 0.1) is 0 Å². The number of hydrogen-bond donors (Lipinski definition) is 0. The van der Waals surface area contributed by atoms with Gasteiger partial charge in [-0.15, -0.1) is 0 Å². The van der Waals surface area contributed by atoms with Gasteiger partial charge in [-0.25, -0.2) is 0 Å². The van der Waals surface area contributed by atoms with Gasteiger partial charge < -0.3 is 0 Å². The molecule has 0 unspecified atom stereocenters. The number of rotatable bonds is 2.